The lowest BCUT2D eigenvalue weighted by molar-refractivity contribution is -0.385. The molecule has 0 radical (unpaired) electrons. The van der Waals surface area contributed by atoms with Crippen molar-refractivity contribution in [3.05, 3.63) is 52.1 Å². The average molecular weight is 350 g/mol. The number of ether oxygens (including phenoxy) is 2. The van der Waals surface area contributed by atoms with E-state index in [9.17, 15) is 18.5 Å². The van der Waals surface area contributed by atoms with Gasteiger partial charge in [0.1, 0.15) is 0 Å². The summed E-state index contributed by atoms with van der Waals surface area (Å²) in [5.74, 6) is 0.987. The van der Waals surface area contributed by atoms with Gasteiger partial charge in [-0.15, -0.1) is 0 Å². The predicted octanol–water partition coefficient (Wildman–Crippen LogP) is 2.46. The van der Waals surface area contributed by atoms with E-state index in [0.29, 0.717) is 22.7 Å². The predicted molar refractivity (Wildman–Crippen MR) is 86.0 cm³/mol. The number of non-ortho nitro benzene ring substituents is 1. The number of anilines is 1. The van der Waals surface area contributed by atoms with Crippen molar-refractivity contribution >= 4 is 21.4 Å². The van der Waals surface area contributed by atoms with Crippen molar-refractivity contribution in [3.63, 3.8) is 0 Å². The van der Waals surface area contributed by atoms with Gasteiger partial charge >= 0.3 is 0 Å². The molecule has 0 bridgehead atoms. The first-order chi connectivity index (χ1) is 11.3. The van der Waals surface area contributed by atoms with Crippen molar-refractivity contribution in [1.82, 2.24) is 0 Å². The van der Waals surface area contributed by atoms with E-state index in [-0.39, 0.29) is 17.4 Å². The highest BCUT2D eigenvalue weighted by molar-refractivity contribution is 7.92. The van der Waals surface area contributed by atoms with Crippen LogP contribution in [-0.2, 0) is 10.0 Å². The fraction of sp³-hybridized carbons (Fsp3) is 0.200. The molecule has 8 nitrogen and oxygen atoms in total. The maximum Gasteiger partial charge on any atom is 0.270 e. The Morgan fingerprint density at radius 3 is 2.54 bits per heavy atom. The van der Waals surface area contributed by atoms with Crippen molar-refractivity contribution < 1.29 is 22.8 Å². The molecule has 0 unspecified atom stereocenters. The smallest absolute Gasteiger partial charge is 0.270 e. The van der Waals surface area contributed by atoms with E-state index in [1.807, 2.05) is 0 Å². The number of nitrogens with zero attached hydrogens (tertiary/aromatic N) is 2. The summed E-state index contributed by atoms with van der Waals surface area (Å²) in [5.41, 5.74) is 0.511. The average Bonchev–Trinajstić information content (AvgIpc) is 3.01. The summed E-state index contributed by atoms with van der Waals surface area (Å²) >= 11 is 0. The van der Waals surface area contributed by atoms with Crippen LogP contribution >= 0.6 is 0 Å². The molecule has 3 rings (SSSR count). The van der Waals surface area contributed by atoms with E-state index in [1.54, 1.807) is 25.1 Å². The summed E-state index contributed by atoms with van der Waals surface area (Å²) in [6.45, 7) is 1.67. The monoisotopic (exact) mass is 350 g/mol. The van der Waals surface area contributed by atoms with E-state index >= 15 is 0 Å². The number of rotatable bonds is 4. The molecule has 0 saturated carbocycles. The third-order valence-corrected chi connectivity index (χ3v) is 5.67. The third kappa shape index (κ3) is 2.62. The minimum atomic E-state index is -3.96. The molecule has 2 aromatic rings. The third-order valence-electron chi connectivity index (χ3n) is 3.74. The van der Waals surface area contributed by atoms with Crippen LogP contribution in [0.3, 0.4) is 0 Å². The van der Waals surface area contributed by atoms with Gasteiger partial charge in [-0.05, 0) is 24.6 Å². The lowest BCUT2D eigenvalue weighted by Gasteiger charge is -2.20. The molecule has 0 atom stereocenters. The Hall–Kier alpha value is -2.81. The van der Waals surface area contributed by atoms with Crippen LogP contribution in [0.5, 0.6) is 11.5 Å². The van der Waals surface area contributed by atoms with Gasteiger partial charge in [0, 0.05) is 25.2 Å². The van der Waals surface area contributed by atoms with Gasteiger partial charge in [-0.1, -0.05) is 6.07 Å². The highest BCUT2D eigenvalue weighted by atomic mass is 32.2. The summed E-state index contributed by atoms with van der Waals surface area (Å²) < 4.78 is 37.2. The van der Waals surface area contributed by atoms with E-state index in [2.05, 4.69) is 0 Å². The number of hydrogen-bond donors (Lipinski definition) is 0. The van der Waals surface area contributed by atoms with Crippen molar-refractivity contribution in [3.8, 4) is 11.5 Å². The summed E-state index contributed by atoms with van der Waals surface area (Å²) in [4.78, 5) is 10.2. The molecule has 1 aliphatic heterocycles. The van der Waals surface area contributed by atoms with Gasteiger partial charge in [-0.3, -0.25) is 14.4 Å². The Kier molecular flexibility index (Phi) is 3.80. The molecule has 0 fully saturated rings. The van der Waals surface area contributed by atoms with Crippen LogP contribution in [0.2, 0.25) is 0 Å². The van der Waals surface area contributed by atoms with Gasteiger partial charge in [-0.25, -0.2) is 8.42 Å². The molecule has 0 spiro atoms. The molecular formula is C15H14N2O6S. The minimum absolute atomic E-state index is 0.0826. The van der Waals surface area contributed by atoms with E-state index in [1.165, 1.54) is 19.2 Å². The van der Waals surface area contributed by atoms with Crippen LogP contribution in [0.25, 0.3) is 0 Å². The van der Waals surface area contributed by atoms with Gasteiger partial charge in [-0.2, -0.15) is 0 Å². The number of nitro benzene ring substituents is 1. The molecule has 0 aliphatic carbocycles. The van der Waals surface area contributed by atoms with Crippen LogP contribution in [0.4, 0.5) is 11.4 Å². The van der Waals surface area contributed by atoms with Crippen LogP contribution in [0.15, 0.2) is 41.3 Å². The molecule has 1 aliphatic rings. The Bertz CT molecular complexity index is 926. The molecule has 1 heterocycles. The maximum absolute atomic E-state index is 12.9. The number of sulfonamides is 1. The second kappa shape index (κ2) is 5.68. The fourth-order valence-corrected chi connectivity index (χ4v) is 3.78. The first-order valence-corrected chi connectivity index (χ1v) is 8.38. The van der Waals surface area contributed by atoms with Gasteiger partial charge in [0.15, 0.2) is 11.5 Å². The molecule has 9 heteroatoms. The number of nitro groups is 1. The van der Waals surface area contributed by atoms with Gasteiger partial charge in [0.05, 0.1) is 15.5 Å². The van der Waals surface area contributed by atoms with Crippen LogP contribution in [-0.4, -0.2) is 27.2 Å². The van der Waals surface area contributed by atoms with E-state index in [0.717, 1.165) is 10.4 Å². The maximum atomic E-state index is 12.9. The van der Waals surface area contributed by atoms with Crippen molar-refractivity contribution in [2.24, 2.45) is 0 Å². The molecular weight excluding hydrogens is 336 g/mol. The van der Waals surface area contributed by atoms with E-state index < -0.39 is 14.9 Å². The lowest BCUT2D eigenvalue weighted by Crippen LogP contribution is -2.27. The van der Waals surface area contributed by atoms with Crippen LogP contribution in [0.1, 0.15) is 5.56 Å². The SMILES string of the molecule is Cc1ccc([N+](=O)[O-])cc1S(=O)(=O)N(C)c1ccc2c(c1)OCO2. The Balaban J connectivity index is 2.04. The summed E-state index contributed by atoms with van der Waals surface area (Å²) in [6, 6.07) is 8.50. The van der Waals surface area contributed by atoms with Gasteiger partial charge < -0.3 is 9.47 Å². The zero-order chi connectivity index (χ0) is 17.5. The van der Waals surface area contributed by atoms with Gasteiger partial charge in [0.25, 0.3) is 15.7 Å². The normalized spacial score (nSPS) is 12.9. The number of benzene rings is 2. The molecule has 0 saturated heterocycles. The highest BCUT2D eigenvalue weighted by Crippen LogP contribution is 2.37. The first-order valence-electron chi connectivity index (χ1n) is 6.94. The zero-order valence-electron chi connectivity index (χ0n) is 12.9. The molecule has 2 aromatic carbocycles. The minimum Gasteiger partial charge on any atom is -0.454 e. The van der Waals surface area contributed by atoms with Crippen molar-refractivity contribution in [2.75, 3.05) is 18.1 Å². The second-order valence-corrected chi connectivity index (χ2v) is 7.15. The van der Waals surface area contributed by atoms with Crippen LogP contribution in [0, 0.1) is 17.0 Å². The fourth-order valence-electron chi connectivity index (χ4n) is 2.35. The zero-order valence-corrected chi connectivity index (χ0v) is 13.7. The standard InChI is InChI=1S/C15H14N2O6S/c1-10-3-4-12(17(18)19)8-15(10)24(20,21)16(2)11-5-6-13-14(7-11)23-9-22-13/h3-8H,9H2,1-2H3. The topological polar surface area (TPSA) is 99.0 Å². The molecule has 126 valence electrons. The van der Waals surface area contributed by atoms with Crippen molar-refractivity contribution in [1.29, 1.82) is 0 Å². The Morgan fingerprint density at radius 1 is 1.12 bits per heavy atom. The molecule has 0 aromatic heterocycles. The summed E-state index contributed by atoms with van der Waals surface area (Å²) in [5, 5.41) is 10.9. The summed E-state index contributed by atoms with van der Waals surface area (Å²) in [7, 11) is -2.58. The highest BCUT2D eigenvalue weighted by Gasteiger charge is 2.27. The number of hydrogen-bond acceptors (Lipinski definition) is 6. The Labute approximate surface area is 138 Å². The van der Waals surface area contributed by atoms with Crippen molar-refractivity contribution in [2.45, 2.75) is 11.8 Å². The quantitative estimate of drug-likeness (QED) is 0.620. The number of aryl methyl sites for hydroxylation is 1. The van der Waals surface area contributed by atoms with E-state index in [4.69, 9.17) is 9.47 Å². The summed E-state index contributed by atoms with van der Waals surface area (Å²) in [6.07, 6.45) is 0. The molecule has 0 N–H and O–H groups in total. The molecule has 0 amide bonds. The largest absolute Gasteiger partial charge is 0.454 e. The second-order valence-electron chi connectivity index (χ2n) is 5.22. The first kappa shape index (κ1) is 16.1. The Morgan fingerprint density at radius 2 is 1.83 bits per heavy atom. The van der Waals surface area contributed by atoms with Crippen LogP contribution < -0.4 is 13.8 Å². The van der Waals surface area contributed by atoms with Gasteiger partial charge in [0.2, 0.25) is 6.79 Å². The number of fused-ring (bicyclic) bond motifs is 1. The lowest BCUT2D eigenvalue weighted by atomic mass is 10.2. The molecule has 24 heavy (non-hydrogen) atoms.